The monoisotopic (exact) mass is 581 g/mol. The van der Waals surface area contributed by atoms with Crippen LogP contribution in [0, 0.1) is 13.7 Å². The number of carbonyl (C=O) groups excluding carboxylic acids is 1. The highest BCUT2D eigenvalue weighted by Crippen LogP contribution is 2.40. The fourth-order valence-electron chi connectivity index (χ4n) is 4.02. The lowest BCUT2D eigenvalue weighted by Crippen LogP contribution is -2.38. The summed E-state index contributed by atoms with van der Waals surface area (Å²) in [6.07, 6.45) is 0. The summed E-state index contributed by atoms with van der Waals surface area (Å²) in [5.74, 6) is -0.208. The van der Waals surface area contributed by atoms with Crippen LogP contribution in [-0.4, -0.2) is 22.3 Å². The van der Waals surface area contributed by atoms with Crippen LogP contribution in [0.3, 0.4) is 0 Å². The van der Waals surface area contributed by atoms with Gasteiger partial charge in [0.15, 0.2) is 0 Å². The van der Waals surface area contributed by atoms with Crippen LogP contribution in [0.4, 0.5) is 11.4 Å². The van der Waals surface area contributed by atoms with Crippen molar-refractivity contribution in [3.63, 3.8) is 0 Å². The number of rotatable bonds is 4. The molecule has 3 aromatic rings. The number of carbonyl (C=O) groups is 1. The molecule has 2 unspecified atom stereocenters. The molecule has 1 N–H and O–H groups in total. The lowest BCUT2D eigenvalue weighted by Gasteiger charge is -2.35. The van der Waals surface area contributed by atoms with Gasteiger partial charge >= 0.3 is 0 Å². The standard InChI is InChI=1S/C23H18Cl2IN3O3/c1-13(18-8-6-16(25)10-21(18)29(31)32)28-22(14-2-4-15(24)5-3-14)12-27-20-9-7-17(26)11-19(20)23(28)30/h2-11,13,22,27H,12H2,1H3. The number of benzene rings is 3. The second-order valence-corrected chi connectivity index (χ2v) is 9.61. The van der Waals surface area contributed by atoms with Gasteiger partial charge in [-0.2, -0.15) is 0 Å². The molecule has 6 nitrogen and oxygen atoms in total. The summed E-state index contributed by atoms with van der Waals surface area (Å²) < 4.78 is 0.923. The Kier molecular flexibility index (Phi) is 6.60. The van der Waals surface area contributed by atoms with E-state index in [-0.39, 0.29) is 22.7 Å². The number of hydrogen-bond acceptors (Lipinski definition) is 4. The number of anilines is 1. The van der Waals surface area contributed by atoms with E-state index in [9.17, 15) is 14.9 Å². The van der Waals surface area contributed by atoms with Gasteiger partial charge in [0, 0.05) is 31.9 Å². The van der Waals surface area contributed by atoms with Gasteiger partial charge in [0.2, 0.25) is 0 Å². The first-order valence-electron chi connectivity index (χ1n) is 9.81. The molecule has 0 radical (unpaired) electrons. The Morgan fingerprint density at radius 2 is 1.78 bits per heavy atom. The Morgan fingerprint density at radius 3 is 2.47 bits per heavy atom. The van der Waals surface area contributed by atoms with E-state index >= 15 is 0 Å². The third-order valence-electron chi connectivity index (χ3n) is 5.58. The quantitative estimate of drug-likeness (QED) is 0.207. The Bertz CT molecular complexity index is 1200. The Hall–Kier alpha value is -2.36. The number of halogens is 3. The van der Waals surface area contributed by atoms with Crippen LogP contribution in [0.5, 0.6) is 0 Å². The third kappa shape index (κ3) is 4.42. The van der Waals surface area contributed by atoms with E-state index in [2.05, 4.69) is 27.9 Å². The summed E-state index contributed by atoms with van der Waals surface area (Å²) in [6, 6.07) is 16.5. The molecule has 0 aromatic heterocycles. The number of nitro benzene ring substituents is 1. The van der Waals surface area contributed by atoms with Crippen molar-refractivity contribution in [3.05, 3.63) is 101 Å². The Balaban J connectivity index is 1.87. The molecule has 0 fully saturated rings. The Labute approximate surface area is 208 Å². The molecular weight excluding hydrogens is 564 g/mol. The van der Waals surface area contributed by atoms with Gasteiger partial charge in [-0.25, -0.2) is 0 Å². The second kappa shape index (κ2) is 9.25. The highest BCUT2D eigenvalue weighted by Gasteiger charge is 2.37. The van der Waals surface area contributed by atoms with Crippen LogP contribution in [-0.2, 0) is 0 Å². The van der Waals surface area contributed by atoms with Gasteiger partial charge in [0.1, 0.15) is 0 Å². The lowest BCUT2D eigenvalue weighted by atomic mass is 9.98. The second-order valence-electron chi connectivity index (χ2n) is 7.49. The van der Waals surface area contributed by atoms with Crippen molar-refractivity contribution in [1.29, 1.82) is 0 Å². The molecule has 0 saturated carbocycles. The molecule has 0 aliphatic carbocycles. The number of nitrogens with zero attached hydrogens (tertiary/aromatic N) is 2. The van der Waals surface area contributed by atoms with E-state index in [1.165, 1.54) is 6.07 Å². The normalized spacial score (nSPS) is 16.7. The average molecular weight is 582 g/mol. The number of amides is 1. The molecule has 4 rings (SSSR count). The topological polar surface area (TPSA) is 75.5 Å². The van der Waals surface area contributed by atoms with Crippen LogP contribution < -0.4 is 5.32 Å². The van der Waals surface area contributed by atoms with Gasteiger partial charge < -0.3 is 10.2 Å². The first-order valence-corrected chi connectivity index (χ1v) is 11.6. The molecule has 1 aliphatic heterocycles. The molecule has 164 valence electrons. The minimum Gasteiger partial charge on any atom is -0.382 e. The van der Waals surface area contributed by atoms with E-state index in [1.54, 1.807) is 36.1 Å². The van der Waals surface area contributed by atoms with Crippen LogP contribution in [0.25, 0.3) is 0 Å². The van der Waals surface area contributed by atoms with Crippen molar-refractivity contribution in [2.75, 3.05) is 11.9 Å². The minimum absolute atomic E-state index is 0.118. The smallest absolute Gasteiger partial charge is 0.276 e. The fourth-order valence-corrected chi connectivity index (χ4v) is 4.80. The summed E-state index contributed by atoms with van der Waals surface area (Å²) >= 11 is 14.3. The van der Waals surface area contributed by atoms with Gasteiger partial charge in [-0.15, -0.1) is 0 Å². The van der Waals surface area contributed by atoms with Crippen molar-refractivity contribution in [1.82, 2.24) is 4.90 Å². The molecule has 2 atom stereocenters. The highest BCUT2D eigenvalue weighted by molar-refractivity contribution is 14.1. The molecule has 0 bridgehead atoms. The summed E-state index contributed by atoms with van der Waals surface area (Å²) in [6.45, 7) is 2.24. The number of hydrogen-bond donors (Lipinski definition) is 1. The van der Waals surface area contributed by atoms with Gasteiger partial charge in [-0.1, -0.05) is 35.3 Å². The highest BCUT2D eigenvalue weighted by atomic mass is 127. The predicted octanol–water partition coefficient (Wildman–Crippen LogP) is 6.88. The third-order valence-corrected chi connectivity index (χ3v) is 6.74. The molecule has 1 aliphatic rings. The van der Waals surface area contributed by atoms with E-state index in [0.29, 0.717) is 22.7 Å². The molecule has 32 heavy (non-hydrogen) atoms. The van der Waals surface area contributed by atoms with E-state index in [1.807, 2.05) is 30.3 Å². The number of nitrogens with one attached hydrogen (secondary N) is 1. The number of nitro groups is 1. The maximum atomic E-state index is 13.9. The maximum Gasteiger partial charge on any atom is 0.276 e. The lowest BCUT2D eigenvalue weighted by molar-refractivity contribution is -0.385. The first kappa shape index (κ1) is 22.8. The molecular formula is C23H18Cl2IN3O3. The molecule has 0 saturated heterocycles. The van der Waals surface area contributed by atoms with Gasteiger partial charge in [-0.05, 0) is 77.5 Å². The van der Waals surface area contributed by atoms with Gasteiger partial charge in [0.25, 0.3) is 11.6 Å². The SMILES string of the molecule is CC(c1ccc(Cl)cc1[N+](=O)[O-])N1C(=O)c2cc(I)ccc2NCC1c1ccc(Cl)cc1. The minimum atomic E-state index is -0.591. The average Bonchev–Trinajstić information content (AvgIpc) is 2.90. The van der Waals surface area contributed by atoms with Crippen molar-refractivity contribution in [3.8, 4) is 0 Å². The van der Waals surface area contributed by atoms with Crippen molar-refractivity contribution in [2.24, 2.45) is 0 Å². The zero-order valence-electron chi connectivity index (χ0n) is 16.9. The molecule has 1 amide bonds. The largest absolute Gasteiger partial charge is 0.382 e. The molecule has 1 heterocycles. The van der Waals surface area contributed by atoms with Crippen molar-refractivity contribution < 1.29 is 9.72 Å². The number of fused-ring (bicyclic) bond motifs is 1. The van der Waals surface area contributed by atoms with Crippen LogP contribution >= 0.6 is 45.8 Å². The van der Waals surface area contributed by atoms with Gasteiger partial charge in [-0.3, -0.25) is 14.9 Å². The predicted molar refractivity (Wildman–Crippen MR) is 135 cm³/mol. The first-order chi connectivity index (χ1) is 15.3. The van der Waals surface area contributed by atoms with Gasteiger partial charge in [0.05, 0.1) is 28.1 Å². The van der Waals surface area contributed by atoms with Crippen LogP contribution in [0.1, 0.15) is 40.5 Å². The maximum absolute atomic E-state index is 13.9. The molecule has 3 aromatic carbocycles. The van der Waals surface area contributed by atoms with Crippen LogP contribution in [0.15, 0.2) is 60.7 Å². The summed E-state index contributed by atoms with van der Waals surface area (Å²) in [7, 11) is 0. The van der Waals surface area contributed by atoms with Crippen LogP contribution in [0.2, 0.25) is 10.0 Å². The Morgan fingerprint density at radius 1 is 1.09 bits per heavy atom. The van der Waals surface area contributed by atoms with E-state index in [4.69, 9.17) is 23.2 Å². The molecule has 0 spiro atoms. The summed E-state index contributed by atoms with van der Waals surface area (Å²) in [5.41, 5.74) is 2.43. The van der Waals surface area contributed by atoms with Crippen molar-refractivity contribution >= 4 is 63.1 Å². The zero-order chi connectivity index (χ0) is 23.0. The van der Waals surface area contributed by atoms with E-state index < -0.39 is 11.0 Å². The fraction of sp³-hybridized carbons (Fsp3) is 0.174. The summed E-state index contributed by atoms with van der Waals surface area (Å²) in [5, 5.41) is 16.0. The molecule has 9 heteroatoms. The summed E-state index contributed by atoms with van der Waals surface area (Å²) in [4.78, 5) is 26.9. The van der Waals surface area contributed by atoms with Crippen molar-refractivity contribution in [2.45, 2.75) is 19.0 Å². The zero-order valence-corrected chi connectivity index (χ0v) is 20.6. The van der Waals surface area contributed by atoms with E-state index in [0.717, 1.165) is 14.8 Å².